The molecule has 0 radical (unpaired) electrons. The highest BCUT2D eigenvalue weighted by Crippen LogP contribution is 2.21. The van der Waals surface area contributed by atoms with Crippen molar-refractivity contribution in [2.24, 2.45) is 5.92 Å². The fourth-order valence-electron chi connectivity index (χ4n) is 2.61. The van der Waals surface area contributed by atoms with Gasteiger partial charge >= 0.3 is 0 Å². The summed E-state index contributed by atoms with van der Waals surface area (Å²) in [6, 6.07) is 16.4. The summed E-state index contributed by atoms with van der Waals surface area (Å²) >= 11 is 0. The van der Waals surface area contributed by atoms with E-state index >= 15 is 0 Å². The maximum atomic E-state index is 12.9. The van der Waals surface area contributed by atoms with E-state index in [1.807, 2.05) is 30.3 Å². The van der Waals surface area contributed by atoms with E-state index in [9.17, 15) is 9.18 Å². The lowest BCUT2D eigenvalue weighted by atomic mass is 9.96. The topological polar surface area (TPSA) is 29.1 Å². The van der Waals surface area contributed by atoms with Crippen molar-refractivity contribution < 1.29 is 9.18 Å². The van der Waals surface area contributed by atoms with Crippen LogP contribution in [0.1, 0.15) is 43.9 Å². The third-order valence-corrected chi connectivity index (χ3v) is 3.80. The predicted octanol–water partition coefficient (Wildman–Crippen LogP) is 4.66. The second-order valence-corrected chi connectivity index (χ2v) is 6.29. The van der Waals surface area contributed by atoms with Crippen LogP contribution >= 0.6 is 0 Å². The SMILES string of the molecule is CC(C)C[C@@H](NC(=O)CCc1ccc(F)cc1)c1ccccc1. The Balaban J connectivity index is 1.93. The van der Waals surface area contributed by atoms with E-state index in [-0.39, 0.29) is 17.8 Å². The molecule has 2 nitrogen and oxygen atoms in total. The van der Waals surface area contributed by atoms with E-state index in [0.29, 0.717) is 18.8 Å². The fourth-order valence-corrected chi connectivity index (χ4v) is 2.61. The van der Waals surface area contributed by atoms with Crippen LogP contribution in [0.4, 0.5) is 4.39 Å². The van der Waals surface area contributed by atoms with Crippen molar-refractivity contribution in [2.75, 3.05) is 0 Å². The van der Waals surface area contributed by atoms with Crippen LogP contribution in [-0.2, 0) is 11.2 Å². The summed E-state index contributed by atoms with van der Waals surface area (Å²) in [5.41, 5.74) is 2.11. The van der Waals surface area contributed by atoms with Gasteiger partial charge in [-0.05, 0) is 42.0 Å². The minimum atomic E-state index is -0.251. The van der Waals surface area contributed by atoms with E-state index in [4.69, 9.17) is 0 Å². The van der Waals surface area contributed by atoms with Crippen molar-refractivity contribution in [2.45, 2.75) is 39.2 Å². The van der Waals surface area contributed by atoms with Crippen LogP contribution in [0, 0.1) is 11.7 Å². The van der Waals surface area contributed by atoms with Gasteiger partial charge in [0.2, 0.25) is 5.91 Å². The van der Waals surface area contributed by atoms with Crippen LogP contribution in [0.15, 0.2) is 54.6 Å². The van der Waals surface area contributed by atoms with E-state index < -0.39 is 0 Å². The molecule has 0 bridgehead atoms. The Morgan fingerprint density at radius 1 is 1.04 bits per heavy atom. The molecule has 1 N–H and O–H groups in total. The number of hydrogen-bond acceptors (Lipinski definition) is 1. The zero-order valence-electron chi connectivity index (χ0n) is 13.8. The van der Waals surface area contributed by atoms with E-state index in [2.05, 4.69) is 19.2 Å². The highest BCUT2D eigenvalue weighted by atomic mass is 19.1. The van der Waals surface area contributed by atoms with Crippen molar-refractivity contribution >= 4 is 5.91 Å². The van der Waals surface area contributed by atoms with Gasteiger partial charge in [-0.25, -0.2) is 4.39 Å². The van der Waals surface area contributed by atoms with Gasteiger partial charge in [-0.3, -0.25) is 4.79 Å². The lowest BCUT2D eigenvalue weighted by Crippen LogP contribution is -2.29. The van der Waals surface area contributed by atoms with Gasteiger partial charge in [-0.15, -0.1) is 0 Å². The summed E-state index contributed by atoms with van der Waals surface area (Å²) in [4.78, 5) is 12.3. The summed E-state index contributed by atoms with van der Waals surface area (Å²) in [6.07, 6.45) is 1.94. The molecule has 1 atom stereocenters. The van der Waals surface area contributed by atoms with Gasteiger partial charge in [-0.1, -0.05) is 56.3 Å². The van der Waals surface area contributed by atoms with Gasteiger partial charge in [-0.2, -0.15) is 0 Å². The molecule has 3 heteroatoms. The molecule has 2 aromatic rings. The second-order valence-electron chi connectivity index (χ2n) is 6.29. The average molecular weight is 313 g/mol. The van der Waals surface area contributed by atoms with Crippen molar-refractivity contribution in [3.63, 3.8) is 0 Å². The number of carbonyl (C=O) groups is 1. The molecule has 0 aromatic heterocycles. The molecule has 0 spiro atoms. The van der Waals surface area contributed by atoms with Gasteiger partial charge < -0.3 is 5.32 Å². The van der Waals surface area contributed by atoms with Crippen LogP contribution in [0.5, 0.6) is 0 Å². The van der Waals surface area contributed by atoms with Crippen LogP contribution in [0.2, 0.25) is 0 Å². The molecule has 0 heterocycles. The molecule has 23 heavy (non-hydrogen) atoms. The molecular weight excluding hydrogens is 289 g/mol. The number of halogens is 1. The van der Waals surface area contributed by atoms with E-state index in [1.165, 1.54) is 12.1 Å². The number of nitrogens with one attached hydrogen (secondary N) is 1. The first kappa shape index (κ1) is 17.2. The van der Waals surface area contributed by atoms with Crippen molar-refractivity contribution in [1.82, 2.24) is 5.32 Å². The molecule has 2 aromatic carbocycles. The molecular formula is C20H24FNO. The number of rotatable bonds is 7. The summed E-state index contributed by atoms with van der Waals surface area (Å²) in [7, 11) is 0. The zero-order chi connectivity index (χ0) is 16.7. The number of amides is 1. The maximum Gasteiger partial charge on any atom is 0.220 e. The predicted molar refractivity (Wildman–Crippen MR) is 91.5 cm³/mol. The fraction of sp³-hybridized carbons (Fsp3) is 0.350. The largest absolute Gasteiger partial charge is 0.349 e. The van der Waals surface area contributed by atoms with Crippen LogP contribution in [0.25, 0.3) is 0 Å². The molecule has 0 saturated carbocycles. The Labute approximate surface area is 137 Å². The molecule has 1 amide bonds. The summed E-state index contributed by atoms with van der Waals surface area (Å²) in [6.45, 7) is 4.31. The molecule has 0 saturated heterocycles. The summed E-state index contributed by atoms with van der Waals surface area (Å²) in [5.74, 6) is 0.278. The van der Waals surface area contributed by atoms with Crippen molar-refractivity contribution in [3.8, 4) is 0 Å². The van der Waals surface area contributed by atoms with Crippen molar-refractivity contribution in [3.05, 3.63) is 71.5 Å². The Morgan fingerprint density at radius 3 is 2.30 bits per heavy atom. The quantitative estimate of drug-likeness (QED) is 0.791. The standard InChI is InChI=1S/C20H24FNO/c1-15(2)14-19(17-6-4-3-5-7-17)22-20(23)13-10-16-8-11-18(21)12-9-16/h3-9,11-12,15,19H,10,13-14H2,1-2H3,(H,22,23)/t19-/m1/s1. The lowest BCUT2D eigenvalue weighted by molar-refractivity contribution is -0.121. The Kier molecular flexibility index (Phi) is 6.33. The van der Waals surface area contributed by atoms with Crippen LogP contribution in [0.3, 0.4) is 0 Å². The molecule has 0 fully saturated rings. The summed E-state index contributed by atoms with van der Waals surface area (Å²) < 4.78 is 12.9. The summed E-state index contributed by atoms with van der Waals surface area (Å²) in [5, 5.41) is 3.13. The maximum absolute atomic E-state index is 12.9. The third kappa shape index (κ3) is 5.85. The minimum Gasteiger partial charge on any atom is -0.349 e. The van der Waals surface area contributed by atoms with Crippen LogP contribution in [-0.4, -0.2) is 5.91 Å². The second kappa shape index (κ2) is 8.47. The number of benzene rings is 2. The molecule has 0 unspecified atom stereocenters. The van der Waals surface area contributed by atoms with Gasteiger partial charge in [0, 0.05) is 6.42 Å². The lowest BCUT2D eigenvalue weighted by Gasteiger charge is -2.21. The van der Waals surface area contributed by atoms with Gasteiger partial charge in [0.15, 0.2) is 0 Å². The minimum absolute atomic E-state index is 0.0313. The Bertz CT molecular complexity index is 607. The molecule has 0 aliphatic heterocycles. The molecule has 0 aliphatic rings. The highest BCUT2D eigenvalue weighted by Gasteiger charge is 2.15. The smallest absolute Gasteiger partial charge is 0.220 e. The van der Waals surface area contributed by atoms with Gasteiger partial charge in [0.1, 0.15) is 5.82 Å². The molecule has 122 valence electrons. The average Bonchev–Trinajstić information content (AvgIpc) is 2.54. The number of aryl methyl sites for hydroxylation is 1. The first-order valence-corrected chi connectivity index (χ1v) is 8.13. The first-order chi connectivity index (χ1) is 11.0. The van der Waals surface area contributed by atoms with E-state index in [1.54, 1.807) is 12.1 Å². The number of hydrogen-bond donors (Lipinski definition) is 1. The highest BCUT2D eigenvalue weighted by molar-refractivity contribution is 5.76. The molecule has 2 rings (SSSR count). The first-order valence-electron chi connectivity index (χ1n) is 8.13. The molecule has 0 aliphatic carbocycles. The van der Waals surface area contributed by atoms with Crippen LogP contribution < -0.4 is 5.32 Å². The Hall–Kier alpha value is -2.16. The van der Waals surface area contributed by atoms with Gasteiger partial charge in [0.05, 0.1) is 6.04 Å². The normalized spacial score (nSPS) is 12.2. The van der Waals surface area contributed by atoms with Gasteiger partial charge in [0.25, 0.3) is 0 Å². The number of carbonyl (C=O) groups excluding carboxylic acids is 1. The third-order valence-electron chi connectivity index (χ3n) is 3.80. The van der Waals surface area contributed by atoms with Crippen molar-refractivity contribution in [1.29, 1.82) is 0 Å². The van der Waals surface area contributed by atoms with E-state index in [0.717, 1.165) is 17.5 Å². The zero-order valence-corrected chi connectivity index (χ0v) is 13.8. The Morgan fingerprint density at radius 2 is 1.70 bits per heavy atom. The monoisotopic (exact) mass is 313 g/mol.